The lowest BCUT2D eigenvalue weighted by Gasteiger charge is -2.28. The number of carbonyl (C=O) groups is 1. The van der Waals surface area contributed by atoms with Crippen molar-refractivity contribution in [3.8, 4) is 0 Å². The van der Waals surface area contributed by atoms with E-state index in [1.54, 1.807) is 12.0 Å². The Morgan fingerprint density at radius 2 is 2.12 bits per heavy atom. The Morgan fingerprint density at radius 3 is 2.84 bits per heavy atom. The molecule has 0 saturated heterocycles. The number of nitrogens with zero attached hydrogens (tertiary/aromatic N) is 3. The number of rotatable bonds is 4. The van der Waals surface area contributed by atoms with Crippen LogP contribution in [0.3, 0.4) is 0 Å². The van der Waals surface area contributed by atoms with Crippen molar-refractivity contribution >= 4 is 11.7 Å². The number of hydrogen-bond acceptors (Lipinski definition) is 4. The zero-order valence-corrected chi connectivity index (χ0v) is 13.9. The number of aromatic nitrogens is 2. The van der Waals surface area contributed by atoms with Crippen molar-refractivity contribution in [3.63, 3.8) is 0 Å². The quantitative estimate of drug-likeness (QED) is 0.913. The van der Waals surface area contributed by atoms with Gasteiger partial charge in [0.05, 0.1) is 18.8 Å². The van der Waals surface area contributed by atoms with Crippen LogP contribution in [0.5, 0.6) is 0 Å². The van der Waals surface area contributed by atoms with E-state index in [2.05, 4.69) is 10.4 Å². The number of benzene rings is 1. The van der Waals surface area contributed by atoms with Crippen LogP contribution in [0.25, 0.3) is 0 Å². The number of fused-ring (bicyclic) bond motifs is 1. The Labute approximate surface area is 144 Å². The minimum atomic E-state index is -0.360. The topological polar surface area (TPSA) is 76.5 Å². The maximum absolute atomic E-state index is 12.9. The van der Waals surface area contributed by atoms with Crippen molar-refractivity contribution in [1.29, 1.82) is 0 Å². The van der Waals surface area contributed by atoms with Gasteiger partial charge in [-0.3, -0.25) is 4.79 Å². The molecule has 1 N–H and O–H groups in total. The molecule has 25 heavy (non-hydrogen) atoms. The highest BCUT2D eigenvalue weighted by Gasteiger charge is 2.23. The summed E-state index contributed by atoms with van der Waals surface area (Å²) in [6.45, 7) is 1.63. The third-order valence-electron chi connectivity index (χ3n) is 4.03. The molecule has 2 amide bonds. The molecule has 2 heterocycles. The monoisotopic (exact) mass is 346 g/mol. The van der Waals surface area contributed by atoms with Gasteiger partial charge in [0, 0.05) is 43.9 Å². The molecule has 0 bridgehead atoms. The fourth-order valence-corrected chi connectivity index (χ4v) is 2.69. The first kappa shape index (κ1) is 17.1. The second-order valence-electron chi connectivity index (χ2n) is 5.78. The molecule has 0 fully saturated rings. The summed E-state index contributed by atoms with van der Waals surface area (Å²) in [5, 5.41) is 7.09. The van der Waals surface area contributed by atoms with E-state index in [0.29, 0.717) is 38.3 Å². The van der Waals surface area contributed by atoms with Gasteiger partial charge < -0.3 is 15.0 Å². The fraction of sp³-hybridized carbons (Fsp3) is 0.353. The summed E-state index contributed by atoms with van der Waals surface area (Å²) < 4.78 is 19.3. The molecule has 8 heteroatoms. The van der Waals surface area contributed by atoms with Crippen molar-refractivity contribution in [1.82, 2.24) is 14.7 Å². The van der Waals surface area contributed by atoms with Crippen molar-refractivity contribution < 1.29 is 13.9 Å². The lowest BCUT2D eigenvalue weighted by atomic mass is 10.1. The van der Waals surface area contributed by atoms with Crippen LogP contribution in [0.2, 0.25) is 0 Å². The van der Waals surface area contributed by atoms with E-state index in [-0.39, 0.29) is 17.4 Å². The molecule has 0 radical (unpaired) electrons. The fourth-order valence-electron chi connectivity index (χ4n) is 2.69. The Bertz CT molecular complexity index is 820. The van der Waals surface area contributed by atoms with Gasteiger partial charge in [0.15, 0.2) is 0 Å². The molecule has 1 aliphatic heterocycles. The highest BCUT2D eigenvalue weighted by atomic mass is 19.1. The number of nitrogens with one attached hydrogen (secondary N) is 1. The standard InChI is InChI=1S/C17H19FN4O3/c1-25-9-8-22-16(23)10-12-11-21(7-6-15(12)20-22)17(24)19-14-4-2-13(18)3-5-14/h2-5,10H,6-9,11H2,1H3,(H,19,24). The van der Waals surface area contributed by atoms with Crippen LogP contribution in [0, 0.1) is 5.82 Å². The van der Waals surface area contributed by atoms with Crippen molar-refractivity contribution in [3.05, 3.63) is 57.8 Å². The molecule has 1 aromatic heterocycles. The summed E-state index contributed by atoms with van der Waals surface area (Å²) in [7, 11) is 1.57. The number of hydrogen-bond donors (Lipinski definition) is 1. The molecule has 0 spiro atoms. The maximum atomic E-state index is 12.9. The predicted octanol–water partition coefficient (Wildman–Crippen LogP) is 1.62. The van der Waals surface area contributed by atoms with E-state index in [4.69, 9.17) is 4.74 Å². The van der Waals surface area contributed by atoms with Crippen molar-refractivity contribution in [2.45, 2.75) is 19.5 Å². The molecular formula is C17H19FN4O3. The smallest absolute Gasteiger partial charge is 0.322 e. The molecular weight excluding hydrogens is 327 g/mol. The number of urea groups is 1. The summed E-state index contributed by atoms with van der Waals surface area (Å²) in [5.74, 6) is -0.360. The van der Waals surface area contributed by atoms with E-state index in [9.17, 15) is 14.0 Å². The van der Waals surface area contributed by atoms with E-state index < -0.39 is 0 Å². The highest BCUT2D eigenvalue weighted by molar-refractivity contribution is 5.89. The van der Waals surface area contributed by atoms with Gasteiger partial charge in [-0.25, -0.2) is 13.9 Å². The molecule has 7 nitrogen and oxygen atoms in total. The van der Waals surface area contributed by atoms with Crippen molar-refractivity contribution in [2.24, 2.45) is 0 Å². The first-order valence-corrected chi connectivity index (χ1v) is 7.97. The lowest BCUT2D eigenvalue weighted by molar-refractivity contribution is 0.180. The van der Waals surface area contributed by atoms with Gasteiger partial charge in [0.1, 0.15) is 5.82 Å². The summed E-state index contributed by atoms with van der Waals surface area (Å²) in [4.78, 5) is 26.0. The maximum Gasteiger partial charge on any atom is 0.322 e. The second-order valence-corrected chi connectivity index (χ2v) is 5.78. The number of anilines is 1. The van der Waals surface area contributed by atoms with Crippen LogP contribution in [-0.2, 0) is 24.2 Å². The molecule has 0 unspecified atom stereocenters. The normalized spacial score (nSPS) is 13.4. The lowest BCUT2D eigenvalue weighted by Crippen LogP contribution is -2.40. The van der Waals surface area contributed by atoms with E-state index in [1.165, 1.54) is 35.0 Å². The van der Waals surface area contributed by atoms with E-state index in [1.807, 2.05) is 0 Å². The summed E-state index contributed by atoms with van der Waals surface area (Å²) in [6, 6.07) is 6.80. The van der Waals surface area contributed by atoms with Gasteiger partial charge in [-0.2, -0.15) is 5.10 Å². The molecule has 3 rings (SSSR count). The molecule has 0 atom stereocenters. The Balaban J connectivity index is 1.70. The second kappa shape index (κ2) is 7.43. The summed E-state index contributed by atoms with van der Waals surface area (Å²) in [6.07, 6.45) is 0.569. The van der Waals surface area contributed by atoms with Gasteiger partial charge in [-0.15, -0.1) is 0 Å². The molecule has 132 valence electrons. The zero-order chi connectivity index (χ0) is 17.8. The number of halogens is 1. The van der Waals surface area contributed by atoms with Gasteiger partial charge >= 0.3 is 6.03 Å². The van der Waals surface area contributed by atoms with Gasteiger partial charge in [-0.05, 0) is 24.3 Å². The van der Waals surface area contributed by atoms with Gasteiger partial charge in [-0.1, -0.05) is 0 Å². The average molecular weight is 346 g/mol. The van der Waals surface area contributed by atoms with Gasteiger partial charge in [0.25, 0.3) is 5.56 Å². The number of carbonyl (C=O) groups excluding carboxylic acids is 1. The number of methoxy groups -OCH3 is 1. The Kier molecular flexibility index (Phi) is 5.08. The minimum Gasteiger partial charge on any atom is -0.383 e. The molecule has 2 aromatic rings. The molecule has 1 aliphatic rings. The summed E-state index contributed by atoms with van der Waals surface area (Å²) >= 11 is 0. The third-order valence-corrected chi connectivity index (χ3v) is 4.03. The number of ether oxygens (including phenoxy) is 1. The Hall–Kier alpha value is -2.74. The van der Waals surface area contributed by atoms with Crippen molar-refractivity contribution in [2.75, 3.05) is 25.6 Å². The molecule has 0 saturated carbocycles. The van der Waals surface area contributed by atoms with Crippen LogP contribution in [0.4, 0.5) is 14.9 Å². The minimum absolute atomic E-state index is 0.211. The SMILES string of the molecule is COCCn1nc2c(cc1=O)CN(C(=O)Nc1ccc(F)cc1)CC2. The number of amides is 2. The van der Waals surface area contributed by atoms with Crippen LogP contribution in [0.1, 0.15) is 11.3 Å². The van der Waals surface area contributed by atoms with Crippen LogP contribution < -0.4 is 10.9 Å². The van der Waals surface area contributed by atoms with Crippen LogP contribution >= 0.6 is 0 Å². The molecule has 1 aromatic carbocycles. The largest absolute Gasteiger partial charge is 0.383 e. The average Bonchev–Trinajstić information content (AvgIpc) is 2.61. The third kappa shape index (κ3) is 4.03. The Morgan fingerprint density at radius 1 is 1.36 bits per heavy atom. The molecule has 0 aliphatic carbocycles. The summed E-state index contributed by atoms with van der Waals surface area (Å²) in [5.41, 5.74) is 1.88. The van der Waals surface area contributed by atoms with E-state index >= 15 is 0 Å². The zero-order valence-electron chi connectivity index (χ0n) is 13.9. The first-order chi connectivity index (χ1) is 12.1. The van der Waals surface area contributed by atoms with E-state index in [0.717, 1.165) is 11.3 Å². The van der Waals surface area contributed by atoms with Gasteiger partial charge in [0.2, 0.25) is 0 Å². The van der Waals surface area contributed by atoms with Crippen LogP contribution in [0.15, 0.2) is 35.1 Å². The predicted molar refractivity (Wildman–Crippen MR) is 89.9 cm³/mol. The highest BCUT2D eigenvalue weighted by Crippen LogP contribution is 2.17. The van der Waals surface area contributed by atoms with Crippen LogP contribution in [-0.4, -0.2) is 41.0 Å². The first-order valence-electron chi connectivity index (χ1n) is 7.97.